The first-order chi connectivity index (χ1) is 8.04. The summed E-state index contributed by atoms with van der Waals surface area (Å²) in [6, 6.07) is 0.590. The van der Waals surface area contributed by atoms with E-state index in [0.717, 1.165) is 10.4 Å². The van der Waals surface area contributed by atoms with Crippen molar-refractivity contribution in [1.29, 1.82) is 0 Å². The molecule has 1 saturated carbocycles. The summed E-state index contributed by atoms with van der Waals surface area (Å²) in [5, 5.41) is 5.27. The molecule has 1 fully saturated rings. The summed E-state index contributed by atoms with van der Waals surface area (Å²) in [5.74, 6) is 0. The highest BCUT2D eigenvalue weighted by Crippen LogP contribution is 2.28. The lowest BCUT2D eigenvalue weighted by Gasteiger charge is -2.08. The average molecular weight is 274 g/mol. The van der Waals surface area contributed by atoms with Crippen LogP contribution < -0.4 is 10.0 Å². The van der Waals surface area contributed by atoms with Crippen LogP contribution in [0.5, 0.6) is 0 Å². The van der Waals surface area contributed by atoms with Gasteiger partial charge in [-0.25, -0.2) is 13.1 Å². The fourth-order valence-electron chi connectivity index (χ4n) is 1.76. The van der Waals surface area contributed by atoms with Crippen LogP contribution in [0.1, 0.15) is 30.2 Å². The van der Waals surface area contributed by atoms with Gasteiger partial charge >= 0.3 is 0 Å². The molecule has 0 bridgehead atoms. The maximum atomic E-state index is 12.1. The number of thiophene rings is 1. The first-order valence-corrected chi connectivity index (χ1v) is 8.21. The standard InChI is InChI=1S/C11H18N2O2S2/c1-3-13-17(14,15)11-8(2)7-16-10(11)6-12-9-4-5-9/h7,9,12-13H,3-6H2,1-2H3. The monoisotopic (exact) mass is 274 g/mol. The molecule has 0 atom stereocenters. The van der Waals surface area contributed by atoms with Gasteiger partial charge in [-0.15, -0.1) is 11.3 Å². The molecule has 1 aliphatic carbocycles. The lowest BCUT2D eigenvalue weighted by atomic mass is 10.3. The number of nitrogens with one attached hydrogen (secondary N) is 2. The van der Waals surface area contributed by atoms with Gasteiger partial charge in [-0.2, -0.15) is 0 Å². The van der Waals surface area contributed by atoms with Crippen molar-refractivity contribution in [2.24, 2.45) is 0 Å². The molecule has 17 heavy (non-hydrogen) atoms. The van der Waals surface area contributed by atoms with E-state index in [0.29, 0.717) is 24.0 Å². The largest absolute Gasteiger partial charge is 0.309 e. The van der Waals surface area contributed by atoms with Crippen LogP contribution in [-0.2, 0) is 16.6 Å². The Balaban J connectivity index is 2.21. The molecule has 1 aromatic rings. The molecule has 1 aliphatic rings. The van der Waals surface area contributed by atoms with Gasteiger partial charge in [0.15, 0.2) is 0 Å². The van der Waals surface area contributed by atoms with Crippen LogP contribution in [0.15, 0.2) is 10.3 Å². The van der Waals surface area contributed by atoms with E-state index >= 15 is 0 Å². The summed E-state index contributed by atoms with van der Waals surface area (Å²) in [4.78, 5) is 1.38. The van der Waals surface area contributed by atoms with Gasteiger partial charge in [-0.1, -0.05) is 6.92 Å². The van der Waals surface area contributed by atoms with E-state index in [-0.39, 0.29) is 0 Å². The van der Waals surface area contributed by atoms with Crippen LogP contribution in [0.4, 0.5) is 0 Å². The average Bonchev–Trinajstić information content (AvgIpc) is 2.99. The molecule has 96 valence electrons. The van der Waals surface area contributed by atoms with E-state index in [2.05, 4.69) is 10.0 Å². The fourth-order valence-corrected chi connectivity index (χ4v) is 4.56. The summed E-state index contributed by atoms with van der Waals surface area (Å²) >= 11 is 1.52. The first kappa shape index (κ1) is 13.0. The Morgan fingerprint density at radius 1 is 1.47 bits per heavy atom. The van der Waals surface area contributed by atoms with Crippen molar-refractivity contribution < 1.29 is 8.42 Å². The molecule has 0 aromatic carbocycles. The highest BCUT2D eigenvalue weighted by atomic mass is 32.2. The quantitative estimate of drug-likeness (QED) is 0.828. The Hall–Kier alpha value is -0.430. The molecule has 4 nitrogen and oxygen atoms in total. The minimum atomic E-state index is -3.34. The third kappa shape index (κ3) is 3.07. The van der Waals surface area contributed by atoms with Gasteiger partial charge in [0.25, 0.3) is 0 Å². The Bertz CT molecular complexity index is 490. The number of rotatable bonds is 6. The minimum absolute atomic E-state index is 0.424. The van der Waals surface area contributed by atoms with Crippen LogP contribution in [0.25, 0.3) is 0 Å². The molecule has 1 heterocycles. The van der Waals surface area contributed by atoms with Gasteiger partial charge in [0.05, 0.1) is 0 Å². The fraction of sp³-hybridized carbons (Fsp3) is 0.636. The smallest absolute Gasteiger partial charge is 0.241 e. The van der Waals surface area contributed by atoms with Crippen molar-refractivity contribution in [3.8, 4) is 0 Å². The number of hydrogen-bond acceptors (Lipinski definition) is 4. The second kappa shape index (κ2) is 5.06. The van der Waals surface area contributed by atoms with Crippen molar-refractivity contribution in [1.82, 2.24) is 10.0 Å². The molecule has 0 unspecified atom stereocenters. The summed E-state index contributed by atoms with van der Waals surface area (Å²) in [6.45, 7) is 4.72. The molecule has 1 aromatic heterocycles. The Morgan fingerprint density at radius 2 is 2.18 bits per heavy atom. The van der Waals surface area contributed by atoms with Crippen molar-refractivity contribution in [2.75, 3.05) is 6.54 Å². The van der Waals surface area contributed by atoms with E-state index in [4.69, 9.17) is 0 Å². The predicted octanol–water partition coefficient (Wildman–Crippen LogP) is 1.61. The number of aryl methyl sites for hydroxylation is 1. The Kier molecular flexibility index (Phi) is 3.87. The van der Waals surface area contributed by atoms with E-state index < -0.39 is 10.0 Å². The van der Waals surface area contributed by atoms with Gasteiger partial charge < -0.3 is 5.32 Å². The van der Waals surface area contributed by atoms with Gasteiger partial charge in [0.1, 0.15) is 4.90 Å². The van der Waals surface area contributed by atoms with E-state index in [1.807, 2.05) is 12.3 Å². The maximum absolute atomic E-state index is 12.1. The van der Waals surface area contributed by atoms with E-state index in [1.165, 1.54) is 24.2 Å². The van der Waals surface area contributed by atoms with Crippen LogP contribution in [0.3, 0.4) is 0 Å². The summed E-state index contributed by atoms with van der Waals surface area (Å²) in [6.07, 6.45) is 2.42. The number of sulfonamides is 1. The molecule has 6 heteroatoms. The van der Waals surface area contributed by atoms with Crippen LogP contribution in [0.2, 0.25) is 0 Å². The normalized spacial score (nSPS) is 16.4. The zero-order valence-corrected chi connectivity index (χ0v) is 11.7. The van der Waals surface area contributed by atoms with Gasteiger partial charge in [-0.05, 0) is 30.7 Å². The van der Waals surface area contributed by atoms with Crippen LogP contribution in [-0.4, -0.2) is 21.0 Å². The van der Waals surface area contributed by atoms with Crippen molar-refractivity contribution >= 4 is 21.4 Å². The van der Waals surface area contributed by atoms with E-state index in [1.54, 1.807) is 6.92 Å². The lowest BCUT2D eigenvalue weighted by Crippen LogP contribution is -2.25. The SMILES string of the molecule is CCNS(=O)(=O)c1c(C)csc1CNC1CC1. The Labute approximate surface area is 106 Å². The molecule has 0 aliphatic heterocycles. The lowest BCUT2D eigenvalue weighted by molar-refractivity contribution is 0.581. The van der Waals surface area contributed by atoms with E-state index in [9.17, 15) is 8.42 Å². The Morgan fingerprint density at radius 3 is 2.76 bits per heavy atom. The van der Waals surface area contributed by atoms with Crippen molar-refractivity contribution in [3.63, 3.8) is 0 Å². The highest BCUT2D eigenvalue weighted by molar-refractivity contribution is 7.89. The van der Waals surface area contributed by atoms with Crippen LogP contribution in [0, 0.1) is 6.92 Å². The molecule has 0 radical (unpaired) electrons. The van der Waals surface area contributed by atoms with Crippen LogP contribution >= 0.6 is 11.3 Å². The predicted molar refractivity (Wildman–Crippen MR) is 69.8 cm³/mol. The minimum Gasteiger partial charge on any atom is -0.309 e. The molecule has 2 rings (SSSR count). The molecular weight excluding hydrogens is 256 g/mol. The number of hydrogen-bond donors (Lipinski definition) is 2. The van der Waals surface area contributed by atoms with Gasteiger partial charge in [0.2, 0.25) is 10.0 Å². The second-order valence-corrected chi connectivity index (χ2v) is 7.00. The topological polar surface area (TPSA) is 58.2 Å². The molecule has 0 amide bonds. The summed E-state index contributed by atoms with van der Waals surface area (Å²) in [7, 11) is -3.34. The summed E-state index contributed by atoms with van der Waals surface area (Å²) in [5.41, 5.74) is 0.837. The van der Waals surface area contributed by atoms with Crippen molar-refractivity contribution in [3.05, 3.63) is 15.8 Å². The third-order valence-electron chi connectivity index (χ3n) is 2.72. The van der Waals surface area contributed by atoms with Crippen molar-refractivity contribution in [2.45, 2.75) is 44.2 Å². The maximum Gasteiger partial charge on any atom is 0.241 e. The van der Waals surface area contributed by atoms with Gasteiger partial charge in [0, 0.05) is 24.0 Å². The zero-order chi connectivity index (χ0) is 12.5. The molecule has 0 saturated heterocycles. The zero-order valence-electron chi connectivity index (χ0n) is 10.1. The molecular formula is C11H18N2O2S2. The molecule has 2 N–H and O–H groups in total. The summed E-state index contributed by atoms with van der Waals surface area (Å²) < 4.78 is 26.7. The van der Waals surface area contributed by atoms with Gasteiger partial charge in [-0.3, -0.25) is 0 Å². The highest BCUT2D eigenvalue weighted by Gasteiger charge is 2.25. The molecule has 0 spiro atoms. The third-order valence-corrected chi connectivity index (χ3v) is 5.73. The first-order valence-electron chi connectivity index (χ1n) is 5.84. The second-order valence-electron chi connectivity index (χ2n) is 4.33.